The highest BCUT2D eigenvalue weighted by molar-refractivity contribution is 7.99. The predicted octanol–water partition coefficient (Wildman–Crippen LogP) is -0.887. The summed E-state index contributed by atoms with van der Waals surface area (Å²) in [6, 6.07) is -0.480. The number of aliphatic imine (C=N–C) groups is 1. The van der Waals surface area contributed by atoms with Crippen LogP contribution in [0.5, 0.6) is 0 Å². The summed E-state index contributed by atoms with van der Waals surface area (Å²) in [5, 5.41) is 9.30. The Balaban J connectivity index is 2.14. The maximum absolute atomic E-state index is 11.9. The zero-order chi connectivity index (χ0) is 15.0. The highest BCUT2D eigenvalue weighted by atomic mass is 32.2. The van der Waals surface area contributed by atoms with E-state index in [0.29, 0.717) is 19.4 Å². The van der Waals surface area contributed by atoms with Crippen molar-refractivity contribution in [3.8, 4) is 0 Å². The Morgan fingerprint density at radius 1 is 1.55 bits per heavy atom. The number of thioether (sulfide) groups is 1. The molecular formula is C10H20N6O3S. The van der Waals surface area contributed by atoms with Gasteiger partial charge in [0.2, 0.25) is 5.91 Å². The van der Waals surface area contributed by atoms with Crippen LogP contribution in [0.3, 0.4) is 0 Å². The molecule has 1 atom stereocenters. The number of nitrogens with two attached hydrogens (primary N) is 2. The van der Waals surface area contributed by atoms with Gasteiger partial charge in [-0.1, -0.05) is 5.43 Å². The van der Waals surface area contributed by atoms with Gasteiger partial charge in [0.05, 0.1) is 11.9 Å². The summed E-state index contributed by atoms with van der Waals surface area (Å²) >= 11 is 1.72. The van der Waals surface area contributed by atoms with Crippen molar-refractivity contribution in [2.45, 2.75) is 25.3 Å². The van der Waals surface area contributed by atoms with E-state index in [0.717, 1.165) is 24.6 Å². The molecule has 114 valence electrons. The molecule has 1 rings (SSSR count). The van der Waals surface area contributed by atoms with Crippen molar-refractivity contribution >= 4 is 23.6 Å². The van der Waals surface area contributed by atoms with Gasteiger partial charge in [-0.15, -0.1) is 11.8 Å². The first-order chi connectivity index (χ1) is 9.50. The van der Waals surface area contributed by atoms with Crippen molar-refractivity contribution < 1.29 is 9.83 Å². The number of carbonyl (C=O) groups excluding carboxylic acids is 1. The molecule has 20 heavy (non-hydrogen) atoms. The van der Waals surface area contributed by atoms with Crippen LogP contribution in [0.25, 0.3) is 0 Å². The lowest BCUT2D eigenvalue weighted by molar-refractivity contribution is -0.525. The minimum absolute atomic E-state index is 0.00645. The van der Waals surface area contributed by atoms with Crippen LogP contribution in [0.1, 0.15) is 19.3 Å². The molecule has 0 radical (unpaired) electrons. The zero-order valence-electron chi connectivity index (χ0n) is 11.2. The summed E-state index contributed by atoms with van der Waals surface area (Å²) in [6.45, 7) is 1.14. The van der Waals surface area contributed by atoms with E-state index in [9.17, 15) is 14.9 Å². The maximum Gasteiger partial charge on any atom is 0.251 e. The van der Waals surface area contributed by atoms with Crippen LogP contribution in [-0.2, 0) is 4.79 Å². The predicted molar refractivity (Wildman–Crippen MR) is 77.5 cm³/mol. The molecule has 0 spiro atoms. The molecule has 5 N–H and O–H groups in total. The van der Waals surface area contributed by atoms with E-state index >= 15 is 0 Å². The van der Waals surface area contributed by atoms with Crippen molar-refractivity contribution in [1.29, 1.82) is 0 Å². The van der Waals surface area contributed by atoms with Crippen LogP contribution >= 0.6 is 11.8 Å². The van der Waals surface area contributed by atoms with E-state index in [1.165, 1.54) is 0 Å². The standard InChI is InChI=1S/C10H20N6O3S/c11-8(9(17)15-5-6-20-7-15)3-1-2-4-13-10(12)14-16(18)19/h8H,1-7,11H2,(H3,12,13,14)/t8-/m0/s1. The third kappa shape index (κ3) is 6.06. The molecule has 1 amide bonds. The van der Waals surface area contributed by atoms with Crippen LogP contribution in [0.15, 0.2) is 4.99 Å². The highest BCUT2D eigenvalue weighted by Gasteiger charge is 2.23. The van der Waals surface area contributed by atoms with Crippen LogP contribution < -0.4 is 16.9 Å². The van der Waals surface area contributed by atoms with Gasteiger partial charge in [-0.3, -0.25) is 4.79 Å². The van der Waals surface area contributed by atoms with Gasteiger partial charge in [-0.25, -0.2) is 15.1 Å². The zero-order valence-corrected chi connectivity index (χ0v) is 12.0. The largest absolute Gasteiger partial charge is 0.365 e. The Labute approximate surface area is 121 Å². The molecule has 1 aliphatic heterocycles. The summed E-state index contributed by atoms with van der Waals surface area (Å²) in [6.07, 6.45) is 1.98. The fourth-order valence-corrected chi connectivity index (χ4v) is 2.71. The van der Waals surface area contributed by atoms with Gasteiger partial charge < -0.3 is 16.4 Å². The first kappa shape index (κ1) is 16.5. The van der Waals surface area contributed by atoms with Crippen molar-refractivity contribution in [1.82, 2.24) is 10.3 Å². The second-order valence-electron chi connectivity index (χ2n) is 4.38. The van der Waals surface area contributed by atoms with Gasteiger partial charge in [0, 0.05) is 18.8 Å². The Morgan fingerprint density at radius 3 is 2.90 bits per heavy atom. The average molecular weight is 304 g/mol. The Bertz CT molecular complexity index is 372. The van der Waals surface area contributed by atoms with Crippen molar-refractivity contribution in [2.24, 2.45) is 16.5 Å². The first-order valence-corrected chi connectivity index (χ1v) is 7.49. The van der Waals surface area contributed by atoms with Crippen LogP contribution in [0, 0.1) is 10.1 Å². The van der Waals surface area contributed by atoms with E-state index < -0.39 is 11.1 Å². The molecule has 0 aliphatic carbocycles. The van der Waals surface area contributed by atoms with E-state index in [4.69, 9.17) is 11.5 Å². The van der Waals surface area contributed by atoms with Crippen LogP contribution in [-0.4, -0.2) is 52.6 Å². The van der Waals surface area contributed by atoms with Gasteiger partial charge in [-0.05, 0) is 19.3 Å². The fraction of sp³-hybridized carbons (Fsp3) is 0.800. The summed E-state index contributed by atoms with van der Waals surface area (Å²) in [7, 11) is 0. The Kier molecular flexibility index (Phi) is 7.09. The number of hydrazine groups is 1. The SMILES string of the molecule is NC(=NCCCC[C@H](N)C(=O)N1CCSC1)N[N+](=O)[O-]. The third-order valence-corrected chi connectivity index (χ3v) is 3.76. The number of carbonyl (C=O) groups is 1. The molecule has 1 fully saturated rings. The molecule has 0 bridgehead atoms. The number of amides is 1. The summed E-state index contributed by atoms with van der Waals surface area (Å²) in [4.78, 5) is 27.5. The van der Waals surface area contributed by atoms with E-state index in [1.807, 2.05) is 0 Å². The number of nitrogens with zero attached hydrogens (tertiary/aromatic N) is 3. The molecule has 0 aromatic carbocycles. The van der Waals surface area contributed by atoms with Crippen LogP contribution in [0.4, 0.5) is 0 Å². The molecule has 0 saturated carbocycles. The molecule has 1 heterocycles. The second-order valence-corrected chi connectivity index (χ2v) is 5.45. The number of hydrogen-bond donors (Lipinski definition) is 3. The van der Waals surface area contributed by atoms with E-state index in [1.54, 1.807) is 22.1 Å². The number of unbranched alkanes of at least 4 members (excludes halogenated alkanes) is 1. The number of rotatable bonds is 7. The van der Waals surface area contributed by atoms with Crippen molar-refractivity contribution in [2.75, 3.05) is 24.7 Å². The molecule has 9 nitrogen and oxygen atoms in total. The molecule has 1 saturated heterocycles. The van der Waals surface area contributed by atoms with Gasteiger partial charge in [0.15, 0.2) is 5.03 Å². The third-order valence-electron chi connectivity index (χ3n) is 2.79. The number of nitrogens with one attached hydrogen (secondary N) is 1. The summed E-state index contributed by atoms with van der Waals surface area (Å²) in [5.74, 6) is 1.47. The second kappa shape index (κ2) is 8.59. The molecule has 0 unspecified atom stereocenters. The van der Waals surface area contributed by atoms with E-state index in [2.05, 4.69) is 4.99 Å². The van der Waals surface area contributed by atoms with Crippen LogP contribution in [0.2, 0.25) is 0 Å². The highest BCUT2D eigenvalue weighted by Crippen LogP contribution is 2.15. The average Bonchev–Trinajstić information content (AvgIpc) is 2.90. The summed E-state index contributed by atoms with van der Waals surface area (Å²) < 4.78 is 0. The van der Waals surface area contributed by atoms with Gasteiger partial charge in [0.1, 0.15) is 0 Å². The van der Waals surface area contributed by atoms with Crippen molar-refractivity contribution in [3.05, 3.63) is 10.1 Å². The summed E-state index contributed by atoms with van der Waals surface area (Å²) in [5.41, 5.74) is 12.9. The molecule has 1 aliphatic rings. The molecular weight excluding hydrogens is 284 g/mol. The molecule has 0 aromatic rings. The first-order valence-electron chi connectivity index (χ1n) is 6.34. The normalized spacial score (nSPS) is 17.1. The fourth-order valence-electron chi connectivity index (χ4n) is 1.75. The Hall–Kier alpha value is -1.55. The van der Waals surface area contributed by atoms with Gasteiger partial charge in [0.25, 0.3) is 5.96 Å². The minimum Gasteiger partial charge on any atom is -0.365 e. The monoisotopic (exact) mass is 304 g/mol. The lowest BCUT2D eigenvalue weighted by atomic mass is 10.1. The molecule has 10 heteroatoms. The number of hydrogen-bond acceptors (Lipinski definition) is 6. The number of nitro groups is 1. The minimum atomic E-state index is -0.762. The smallest absolute Gasteiger partial charge is 0.251 e. The Morgan fingerprint density at radius 2 is 2.30 bits per heavy atom. The topological polar surface area (TPSA) is 140 Å². The van der Waals surface area contributed by atoms with E-state index in [-0.39, 0.29) is 11.9 Å². The van der Waals surface area contributed by atoms with Gasteiger partial charge in [-0.2, -0.15) is 0 Å². The van der Waals surface area contributed by atoms with Crippen molar-refractivity contribution in [3.63, 3.8) is 0 Å². The quantitative estimate of drug-likeness (QED) is 0.182. The number of guanidine groups is 1. The maximum atomic E-state index is 11.9. The van der Waals surface area contributed by atoms with Gasteiger partial charge >= 0.3 is 0 Å². The lowest BCUT2D eigenvalue weighted by Crippen LogP contribution is -2.42. The lowest BCUT2D eigenvalue weighted by Gasteiger charge is -2.19. The molecule has 0 aromatic heterocycles.